The van der Waals surface area contributed by atoms with Crippen LogP contribution in [0.5, 0.6) is 5.75 Å². The molecule has 2 aromatic carbocycles. The van der Waals surface area contributed by atoms with Gasteiger partial charge in [0.1, 0.15) is 31.2 Å². The highest BCUT2D eigenvalue weighted by atomic mass is 35.5. The monoisotopic (exact) mass is 652 g/mol. The Morgan fingerprint density at radius 1 is 0.891 bits per heavy atom. The maximum atomic E-state index is 12.2. The van der Waals surface area contributed by atoms with E-state index in [9.17, 15) is 9.59 Å². The molecule has 11 heteroatoms. The SMILES string of the molecule is CCN(CCCC(=O)OCOC(C)=O)c1cc(OC)c(-c2c3ccc(=[N+](C)C)cc-3oc3cc(N(C)C)ccc23)cc1N(C)C.[Cl-]. The summed E-state index contributed by atoms with van der Waals surface area (Å²) in [5.74, 6) is 0.622. The Morgan fingerprint density at radius 2 is 1.63 bits per heavy atom. The summed E-state index contributed by atoms with van der Waals surface area (Å²) in [6.07, 6.45) is 0.779. The van der Waals surface area contributed by atoms with Crippen molar-refractivity contribution >= 4 is 40.0 Å². The number of anilines is 3. The predicted molar refractivity (Wildman–Crippen MR) is 180 cm³/mol. The highest BCUT2D eigenvalue weighted by Crippen LogP contribution is 2.47. The van der Waals surface area contributed by atoms with Crippen LogP contribution in [0.2, 0.25) is 0 Å². The van der Waals surface area contributed by atoms with E-state index in [0.29, 0.717) is 13.0 Å². The molecule has 0 aromatic heterocycles. The summed E-state index contributed by atoms with van der Waals surface area (Å²) < 4.78 is 24.4. The van der Waals surface area contributed by atoms with Crippen molar-refractivity contribution in [1.82, 2.24) is 4.58 Å². The molecule has 2 aromatic rings. The summed E-state index contributed by atoms with van der Waals surface area (Å²) in [5.41, 5.74) is 6.82. The number of carbonyl (C=O) groups is 2. The van der Waals surface area contributed by atoms with Crippen molar-refractivity contribution < 1.29 is 40.6 Å². The van der Waals surface area contributed by atoms with Crippen molar-refractivity contribution in [2.24, 2.45) is 0 Å². The highest BCUT2D eigenvalue weighted by molar-refractivity contribution is 6.05. The Bertz CT molecular complexity index is 1730. The van der Waals surface area contributed by atoms with E-state index in [-0.39, 0.29) is 25.6 Å². The summed E-state index contributed by atoms with van der Waals surface area (Å²) in [4.78, 5) is 29.5. The number of esters is 2. The Morgan fingerprint density at radius 3 is 2.24 bits per heavy atom. The Hall–Kier alpha value is -4.44. The predicted octanol–water partition coefficient (Wildman–Crippen LogP) is 2.05. The highest BCUT2D eigenvalue weighted by Gasteiger charge is 2.24. The van der Waals surface area contributed by atoms with Crippen LogP contribution in [0.1, 0.15) is 26.7 Å². The average Bonchev–Trinajstić information content (AvgIpc) is 3.00. The molecule has 2 aliphatic rings. The van der Waals surface area contributed by atoms with Gasteiger partial charge in [-0.1, -0.05) is 0 Å². The standard InChI is InChI=1S/C35H45N4O6.ClH/c1-10-39(17-11-12-34(41)44-22-43-23(2)40)30-21-31(42-9)28(20-29(30)38(7)8)35-26-15-13-24(36(3)4)18-32(26)45-33-19-25(37(5)6)14-16-27(33)35;/h13-16,18-21H,10-12,17,22H2,1-9H3;1H/q+1;/p-1. The Labute approximate surface area is 277 Å². The van der Waals surface area contributed by atoms with E-state index >= 15 is 0 Å². The third-order valence-corrected chi connectivity index (χ3v) is 7.78. The number of ether oxygens (including phenoxy) is 3. The van der Waals surface area contributed by atoms with Crippen LogP contribution in [0.15, 0.2) is 52.9 Å². The van der Waals surface area contributed by atoms with Crippen LogP contribution < -0.4 is 41.8 Å². The largest absolute Gasteiger partial charge is 1.00 e. The minimum Gasteiger partial charge on any atom is -1.00 e. The molecule has 1 aliphatic carbocycles. The zero-order valence-corrected chi connectivity index (χ0v) is 29.0. The lowest BCUT2D eigenvalue weighted by Crippen LogP contribution is -3.00. The van der Waals surface area contributed by atoms with Crippen LogP contribution >= 0.6 is 0 Å². The molecule has 4 rings (SSSR count). The van der Waals surface area contributed by atoms with Gasteiger partial charge in [-0.25, -0.2) is 4.58 Å². The minimum absolute atomic E-state index is 0. The van der Waals surface area contributed by atoms with E-state index in [1.165, 1.54) is 6.92 Å². The molecule has 0 amide bonds. The number of halogens is 1. The number of fused-ring (bicyclic) bond motifs is 2. The number of methoxy groups -OCH3 is 1. The average molecular weight is 653 g/mol. The fourth-order valence-corrected chi connectivity index (χ4v) is 5.36. The normalized spacial score (nSPS) is 10.7. The molecule has 0 saturated carbocycles. The van der Waals surface area contributed by atoms with Gasteiger partial charge in [0.05, 0.1) is 24.6 Å². The summed E-state index contributed by atoms with van der Waals surface area (Å²) in [5, 5.41) is 2.03. The molecule has 0 spiro atoms. The van der Waals surface area contributed by atoms with Gasteiger partial charge in [-0.3, -0.25) is 9.59 Å². The number of benzene rings is 3. The van der Waals surface area contributed by atoms with Crippen LogP contribution in [0, 0.1) is 0 Å². The van der Waals surface area contributed by atoms with Crippen molar-refractivity contribution in [2.75, 3.05) is 84.0 Å². The van der Waals surface area contributed by atoms with Gasteiger partial charge in [-0.15, -0.1) is 0 Å². The molecule has 0 atom stereocenters. The molecule has 46 heavy (non-hydrogen) atoms. The molecule has 0 bridgehead atoms. The molecule has 0 N–H and O–H groups in total. The van der Waals surface area contributed by atoms with Crippen LogP contribution in [0.25, 0.3) is 33.4 Å². The second-order valence-electron chi connectivity index (χ2n) is 11.5. The van der Waals surface area contributed by atoms with Crippen molar-refractivity contribution in [3.8, 4) is 28.2 Å². The van der Waals surface area contributed by atoms with Crippen LogP contribution in [-0.2, 0) is 19.1 Å². The van der Waals surface area contributed by atoms with Crippen molar-refractivity contribution in [2.45, 2.75) is 26.7 Å². The van der Waals surface area contributed by atoms with Crippen LogP contribution in [0.4, 0.5) is 17.1 Å². The fourth-order valence-electron chi connectivity index (χ4n) is 5.36. The second kappa shape index (κ2) is 15.7. The van der Waals surface area contributed by atoms with Gasteiger partial charge in [-0.2, -0.15) is 0 Å². The van der Waals surface area contributed by atoms with E-state index in [0.717, 1.165) is 68.1 Å². The molecule has 0 unspecified atom stereocenters. The number of nitrogens with zero attached hydrogens (tertiary/aromatic N) is 4. The summed E-state index contributed by atoms with van der Waals surface area (Å²) in [7, 11) is 13.8. The third-order valence-electron chi connectivity index (χ3n) is 7.78. The molecular weight excluding hydrogens is 608 g/mol. The smallest absolute Gasteiger partial charge is 0.308 e. The first kappa shape index (κ1) is 36.0. The van der Waals surface area contributed by atoms with E-state index in [1.54, 1.807) is 7.11 Å². The minimum atomic E-state index is -0.490. The number of rotatable bonds is 12. The maximum absolute atomic E-state index is 12.2. The van der Waals surface area contributed by atoms with Crippen molar-refractivity contribution in [3.05, 3.63) is 53.9 Å². The van der Waals surface area contributed by atoms with Crippen LogP contribution in [0.3, 0.4) is 0 Å². The number of carbonyl (C=O) groups excluding carboxylic acids is 2. The lowest BCUT2D eigenvalue weighted by Gasteiger charge is -2.30. The third kappa shape index (κ3) is 8.04. The molecule has 1 heterocycles. The molecule has 0 saturated heterocycles. The van der Waals surface area contributed by atoms with Gasteiger partial charge in [-0.05, 0) is 37.6 Å². The van der Waals surface area contributed by atoms with Crippen LogP contribution in [-0.4, -0.2) is 81.2 Å². The number of hydrogen-bond acceptors (Lipinski definition) is 9. The molecule has 248 valence electrons. The first-order chi connectivity index (χ1) is 21.4. The molecule has 10 nitrogen and oxygen atoms in total. The Balaban J connectivity index is 0.00000576. The molecule has 1 aliphatic heterocycles. The Kier molecular flexibility index (Phi) is 12.3. The van der Waals surface area contributed by atoms with Gasteiger partial charge >= 0.3 is 11.9 Å². The van der Waals surface area contributed by atoms with Crippen molar-refractivity contribution in [3.63, 3.8) is 0 Å². The summed E-state index contributed by atoms with van der Waals surface area (Å²) in [6, 6.07) is 16.8. The van der Waals surface area contributed by atoms with E-state index in [4.69, 9.17) is 18.6 Å². The fraction of sp³-hybridized carbons (Fsp3) is 0.400. The van der Waals surface area contributed by atoms with Gasteiger partial charge in [0.15, 0.2) is 0 Å². The van der Waals surface area contributed by atoms with E-state index < -0.39 is 11.9 Å². The topological polar surface area (TPSA) is 87.7 Å². The lowest BCUT2D eigenvalue weighted by atomic mass is 9.92. The molecule has 0 fully saturated rings. The lowest BCUT2D eigenvalue weighted by molar-refractivity contribution is -0.165. The quantitative estimate of drug-likeness (QED) is 0.0988. The molecular formula is C35H45ClN4O6. The van der Waals surface area contributed by atoms with Gasteiger partial charge in [0.25, 0.3) is 0 Å². The summed E-state index contributed by atoms with van der Waals surface area (Å²) in [6.45, 7) is 4.35. The zero-order valence-electron chi connectivity index (χ0n) is 28.3. The maximum Gasteiger partial charge on any atom is 0.308 e. The summed E-state index contributed by atoms with van der Waals surface area (Å²) >= 11 is 0. The van der Waals surface area contributed by atoms with Crippen molar-refractivity contribution in [1.29, 1.82) is 0 Å². The zero-order chi connectivity index (χ0) is 32.8. The van der Waals surface area contributed by atoms with Gasteiger partial charge in [0.2, 0.25) is 12.2 Å². The van der Waals surface area contributed by atoms with E-state index in [2.05, 4.69) is 74.7 Å². The molecule has 0 radical (unpaired) electrons. The number of hydrogen-bond donors (Lipinski definition) is 0. The van der Waals surface area contributed by atoms with E-state index in [1.807, 2.05) is 42.3 Å². The second-order valence-corrected chi connectivity index (χ2v) is 11.5. The first-order valence-electron chi connectivity index (χ1n) is 15.1. The first-order valence-corrected chi connectivity index (χ1v) is 15.1. The van der Waals surface area contributed by atoms with Gasteiger partial charge in [0, 0.05) is 101 Å². The van der Waals surface area contributed by atoms with Gasteiger partial charge < -0.3 is 45.7 Å².